The Morgan fingerprint density at radius 1 is 0.909 bits per heavy atom. The maximum Gasteiger partial charge on any atom is 0.330 e. The van der Waals surface area contributed by atoms with Crippen molar-refractivity contribution in [3.8, 4) is 0 Å². The maximum atomic E-state index is 11.0. The molecule has 0 unspecified atom stereocenters. The molecule has 0 N–H and O–H groups in total. The number of esters is 1. The fourth-order valence-corrected chi connectivity index (χ4v) is 1.86. The molecule has 0 spiro atoms. The van der Waals surface area contributed by atoms with Gasteiger partial charge in [0.2, 0.25) is 0 Å². The van der Waals surface area contributed by atoms with Gasteiger partial charge in [-0.25, -0.2) is 4.79 Å². The molecule has 0 bridgehead atoms. The zero-order chi connectivity index (χ0) is 16.3. The highest BCUT2D eigenvalue weighted by Gasteiger charge is 1.94. The fraction of sp³-hybridized carbons (Fsp3) is 0.824. The summed E-state index contributed by atoms with van der Waals surface area (Å²) >= 11 is 0. The van der Waals surface area contributed by atoms with Gasteiger partial charge in [0.15, 0.2) is 0 Å². The minimum Gasteiger partial charge on any atom is -0.463 e. The summed E-state index contributed by atoms with van der Waals surface area (Å²) in [6.07, 6.45) is 11.4. The molecule has 130 valence electrons. The number of unbranched alkanes of at least 4 members (excludes halogenated alkanes) is 6. The van der Waals surface area contributed by atoms with Crippen LogP contribution in [0.2, 0.25) is 0 Å². The minimum atomic E-state index is -0.242. The lowest BCUT2D eigenvalue weighted by Crippen LogP contribution is -2.06. The smallest absolute Gasteiger partial charge is 0.330 e. The van der Waals surface area contributed by atoms with Crippen LogP contribution in [-0.4, -0.2) is 46.3 Å². The number of hydrogen-bond acceptors (Lipinski definition) is 5. The molecule has 0 aromatic heterocycles. The molecule has 0 saturated carbocycles. The lowest BCUT2D eigenvalue weighted by Gasteiger charge is -2.05. The molecule has 0 heterocycles. The molecule has 0 fully saturated rings. The second-order valence-corrected chi connectivity index (χ2v) is 4.99. The van der Waals surface area contributed by atoms with Crippen LogP contribution in [0.4, 0.5) is 0 Å². The number of allylic oxidation sites excluding steroid dienone is 1. The van der Waals surface area contributed by atoms with Crippen molar-refractivity contribution in [3.63, 3.8) is 0 Å². The quantitative estimate of drug-likeness (QED) is 0.189. The first-order chi connectivity index (χ1) is 10.8. The maximum absolute atomic E-state index is 11.0. The van der Waals surface area contributed by atoms with Gasteiger partial charge in [0.25, 0.3) is 0 Å². The Morgan fingerprint density at radius 3 is 2.32 bits per heavy atom. The van der Waals surface area contributed by atoms with Gasteiger partial charge in [-0.05, 0) is 26.2 Å². The highest BCUT2D eigenvalue weighted by molar-refractivity contribution is 5.81. The van der Waals surface area contributed by atoms with E-state index in [0.29, 0.717) is 26.6 Å². The summed E-state index contributed by atoms with van der Waals surface area (Å²) < 4.78 is 20.2. The lowest BCUT2D eigenvalue weighted by molar-refractivity contribution is -0.137. The van der Waals surface area contributed by atoms with Crippen molar-refractivity contribution in [1.29, 1.82) is 0 Å². The molecule has 0 saturated heterocycles. The van der Waals surface area contributed by atoms with Crippen LogP contribution in [0, 0.1) is 0 Å². The number of methoxy groups -OCH3 is 1. The third-order valence-electron chi connectivity index (χ3n) is 3.05. The highest BCUT2D eigenvalue weighted by atomic mass is 16.7. The third-order valence-corrected chi connectivity index (χ3v) is 3.05. The Kier molecular flexibility index (Phi) is 17.4. The first-order valence-corrected chi connectivity index (χ1v) is 8.29. The summed E-state index contributed by atoms with van der Waals surface area (Å²) in [7, 11) is 1.65. The van der Waals surface area contributed by atoms with Gasteiger partial charge in [0, 0.05) is 19.8 Å². The van der Waals surface area contributed by atoms with E-state index in [9.17, 15) is 4.79 Å². The van der Waals surface area contributed by atoms with Gasteiger partial charge in [-0.15, -0.1) is 0 Å². The molecule has 0 aromatic carbocycles. The largest absolute Gasteiger partial charge is 0.463 e. The molecule has 0 aliphatic heterocycles. The van der Waals surface area contributed by atoms with Crippen molar-refractivity contribution in [2.45, 2.75) is 51.9 Å². The van der Waals surface area contributed by atoms with Crippen molar-refractivity contribution in [2.75, 3.05) is 40.3 Å². The molecule has 0 aromatic rings. The molecule has 0 atom stereocenters. The molecule has 0 aliphatic rings. The summed E-state index contributed by atoms with van der Waals surface area (Å²) in [4.78, 5) is 11.0. The predicted octanol–water partition coefficient (Wildman–Crippen LogP) is 3.47. The van der Waals surface area contributed by atoms with E-state index in [4.69, 9.17) is 18.9 Å². The predicted molar refractivity (Wildman–Crippen MR) is 86.7 cm³/mol. The monoisotopic (exact) mass is 316 g/mol. The Balaban J connectivity index is 3.10. The average molecular weight is 316 g/mol. The van der Waals surface area contributed by atoms with E-state index in [0.717, 1.165) is 25.9 Å². The lowest BCUT2D eigenvalue weighted by atomic mass is 10.1. The van der Waals surface area contributed by atoms with Crippen LogP contribution in [0.5, 0.6) is 0 Å². The van der Waals surface area contributed by atoms with Crippen LogP contribution in [0.1, 0.15) is 51.9 Å². The molecule has 0 amide bonds. The number of ether oxygens (including phenoxy) is 4. The Labute approximate surface area is 135 Å². The molecule has 0 aliphatic carbocycles. The number of rotatable bonds is 16. The standard InChI is InChI=1S/C17H32O5/c1-3-22-17(18)12-10-8-6-4-5-7-9-11-13-20-16-21-15-14-19-2/h10,12H,3-9,11,13-16H2,1-2H3/b12-10+. The van der Waals surface area contributed by atoms with Crippen molar-refractivity contribution in [2.24, 2.45) is 0 Å². The summed E-state index contributed by atoms with van der Waals surface area (Å²) in [5.41, 5.74) is 0. The van der Waals surface area contributed by atoms with Gasteiger partial charge in [-0.1, -0.05) is 31.8 Å². The Bertz CT molecular complexity index is 266. The van der Waals surface area contributed by atoms with Crippen LogP contribution in [0.15, 0.2) is 12.2 Å². The topological polar surface area (TPSA) is 54.0 Å². The van der Waals surface area contributed by atoms with Crippen LogP contribution < -0.4 is 0 Å². The van der Waals surface area contributed by atoms with E-state index in [1.54, 1.807) is 7.11 Å². The summed E-state index contributed by atoms with van der Waals surface area (Å²) in [5.74, 6) is -0.242. The summed E-state index contributed by atoms with van der Waals surface area (Å²) in [5, 5.41) is 0. The van der Waals surface area contributed by atoms with Gasteiger partial charge in [-0.3, -0.25) is 0 Å². The molecular weight excluding hydrogens is 284 g/mol. The van der Waals surface area contributed by atoms with Gasteiger partial charge in [0.1, 0.15) is 6.79 Å². The van der Waals surface area contributed by atoms with Gasteiger partial charge < -0.3 is 18.9 Å². The van der Waals surface area contributed by atoms with E-state index in [2.05, 4.69) is 0 Å². The van der Waals surface area contributed by atoms with Crippen LogP contribution in [0.3, 0.4) is 0 Å². The van der Waals surface area contributed by atoms with E-state index in [1.165, 1.54) is 31.8 Å². The summed E-state index contributed by atoms with van der Waals surface area (Å²) in [6.45, 7) is 4.56. The van der Waals surface area contributed by atoms with E-state index < -0.39 is 0 Å². The van der Waals surface area contributed by atoms with Crippen LogP contribution in [0.25, 0.3) is 0 Å². The van der Waals surface area contributed by atoms with Crippen LogP contribution >= 0.6 is 0 Å². The van der Waals surface area contributed by atoms with Crippen molar-refractivity contribution < 1.29 is 23.7 Å². The van der Waals surface area contributed by atoms with E-state index in [-0.39, 0.29) is 5.97 Å². The molecule has 5 heteroatoms. The van der Waals surface area contributed by atoms with Crippen molar-refractivity contribution in [3.05, 3.63) is 12.2 Å². The van der Waals surface area contributed by atoms with Gasteiger partial charge in [-0.2, -0.15) is 0 Å². The highest BCUT2D eigenvalue weighted by Crippen LogP contribution is 2.07. The zero-order valence-electron chi connectivity index (χ0n) is 14.2. The van der Waals surface area contributed by atoms with Crippen molar-refractivity contribution >= 4 is 5.97 Å². The normalized spacial score (nSPS) is 11.2. The first-order valence-electron chi connectivity index (χ1n) is 8.29. The van der Waals surface area contributed by atoms with E-state index in [1.807, 2.05) is 13.0 Å². The summed E-state index contributed by atoms with van der Waals surface area (Å²) in [6, 6.07) is 0. The first kappa shape index (κ1) is 21.1. The molecule has 0 radical (unpaired) electrons. The zero-order valence-corrected chi connectivity index (χ0v) is 14.2. The number of hydrogen-bond donors (Lipinski definition) is 0. The van der Waals surface area contributed by atoms with Gasteiger partial charge in [0.05, 0.1) is 19.8 Å². The second kappa shape index (κ2) is 18.1. The average Bonchev–Trinajstić information content (AvgIpc) is 2.51. The second-order valence-electron chi connectivity index (χ2n) is 4.99. The molecule has 0 rings (SSSR count). The SMILES string of the molecule is CCOC(=O)/C=C/CCCCCCCCOCOCCOC. The van der Waals surface area contributed by atoms with Crippen LogP contribution in [-0.2, 0) is 23.7 Å². The van der Waals surface area contributed by atoms with Gasteiger partial charge >= 0.3 is 5.97 Å². The molecule has 22 heavy (non-hydrogen) atoms. The Hall–Kier alpha value is -0.910. The Morgan fingerprint density at radius 2 is 1.59 bits per heavy atom. The van der Waals surface area contributed by atoms with E-state index >= 15 is 0 Å². The van der Waals surface area contributed by atoms with Crippen molar-refractivity contribution in [1.82, 2.24) is 0 Å². The number of carbonyl (C=O) groups is 1. The molecule has 5 nitrogen and oxygen atoms in total. The third kappa shape index (κ3) is 17.1. The minimum absolute atomic E-state index is 0.242. The number of carbonyl (C=O) groups excluding carboxylic acids is 1. The fourth-order valence-electron chi connectivity index (χ4n) is 1.86. The molecular formula is C17H32O5.